The van der Waals surface area contributed by atoms with Gasteiger partial charge in [0.25, 0.3) is 0 Å². The molecule has 1 aromatic carbocycles. The largest absolute Gasteiger partial charge is 0.492 e. The fraction of sp³-hybridized carbons (Fsp3) is 0.533. The number of nitrogens with zero attached hydrogens (tertiary/aromatic N) is 1. The van der Waals surface area contributed by atoms with Crippen molar-refractivity contribution in [2.45, 2.75) is 26.2 Å². The van der Waals surface area contributed by atoms with Gasteiger partial charge in [-0.3, -0.25) is 4.79 Å². The zero-order valence-electron chi connectivity index (χ0n) is 11.5. The monoisotopic (exact) mass is 262 g/mol. The summed E-state index contributed by atoms with van der Waals surface area (Å²) in [6.07, 6.45) is 2.76. The molecule has 0 radical (unpaired) electrons. The normalized spacial score (nSPS) is 20.2. The maximum atomic E-state index is 11.9. The van der Waals surface area contributed by atoms with Gasteiger partial charge in [-0.1, -0.05) is 13.0 Å². The van der Waals surface area contributed by atoms with Gasteiger partial charge < -0.3 is 15.4 Å². The van der Waals surface area contributed by atoms with Gasteiger partial charge in [-0.05, 0) is 30.9 Å². The molecule has 1 aliphatic heterocycles. The third-order valence-electron chi connectivity index (χ3n) is 3.58. The zero-order chi connectivity index (χ0) is 13.7. The van der Waals surface area contributed by atoms with Crippen LogP contribution in [0, 0.1) is 5.92 Å². The van der Waals surface area contributed by atoms with Crippen molar-refractivity contribution in [2.75, 3.05) is 25.4 Å². The van der Waals surface area contributed by atoms with Crippen molar-refractivity contribution in [2.24, 2.45) is 5.92 Å². The molecule has 0 bridgehead atoms. The lowest BCUT2D eigenvalue weighted by Crippen LogP contribution is -2.34. The van der Waals surface area contributed by atoms with Crippen LogP contribution in [0.4, 0.5) is 5.69 Å². The van der Waals surface area contributed by atoms with Crippen LogP contribution in [0.1, 0.15) is 26.2 Å². The fourth-order valence-corrected chi connectivity index (χ4v) is 2.29. The molecule has 19 heavy (non-hydrogen) atoms. The summed E-state index contributed by atoms with van der Waals surface area (Å²) in [5.74, 6) is 1.65. The minimum Gasteiger partial charge on any atom is -0.492 e. The molecule has 4 heteroatoms. The van der Waals surface area contributed by atoms with Gasteiger partial charge in [-0.25, -0.2) is 0 Å². The maximum Gasteiger partial charge on any atom is 0.222 e. The van der Waals surface area contributed by atoms with E-state index in [0.29, 0.717) is 31.2 Å². The van der Waals surface area contributed by atoms with E-state index in [0.717, 1.165) is 25.1 Å². The van der Waals surface area contributed by atoms with Gasteiger partial charge in [0, 0.05) is 24.7 Å². The number of anilines is 1. The summed E-state index contributed by atoms with van der Waals surface area (Å²) in [4.78, 5) is 13.8. The number of nitrogens with two attached hydrogens (primary N) is 1. The van der Waals surface area contributed by atoms with E-state index >= 15 is 0 Å². The lowest BCUT2D eigenvalue weighted by atomic mass is 10.0. The predicted octanol–water partition coefficient (Wildman–Crippen LogP) is 2.30. The highest BCUT2D eigenvalue weighted by Gasteiger charge is 2.19. The Morgan fingerprint density at radius 3 is 3.05 bits per heavy atom. The SMILES string of the molecule is CC1CCC(=O)N(CCOc2cccc(N)c2)CC1. The molecule has 0 aliphatic carbocycles. The van der Waals surface area contributed by atoms with E-state index in [9.17, 15) is 4.79 Å². The Morgan fingerprint density at radius 2 is 2.26 bits per heavy atom. The molecule has 1 atom stereocenters. The Labute approximate surface area is 114 Å². The molecule has 2 rings (SSSR count). The minimum atomic E-state index is 0.250. The first-order chi connectivity index (χ1) is 9.15. The van der Waals surface area contributed by atoms with Crippen molar-refractivity contribution in [3.63, 3.8) is 0 Å². The summed E-state index contributed by atoms with van der Waals surface area (Å²) in [6.45, 7) is 4.23. The van der Waals surface area contributed by atoms with Crippen LogP contribution in [-0.4, -0.2) is 30.5 Å². The molecular formula is C15H22N2O2. The van der Waals surface area contributed by atoms with Crippen LogP contribution >= 0.6 is 0 Å². The lowest BCUT2D eigenvalue weighted by molar-refractivity contribution is -0.131. The molecule has 1 aromatic rings. The first-order valence-corrected chi connectivity index (χ1v) is 6.91. The molecule has 0 spiro atoms. The van der Waals surface area contributed by atoms with Crippen LogP contribution in [0.2, 0.25) is 0 Å². The molecule has 4 nitrogen and oxygen atoms in total. The molecule has 1 fully saturated rings. The minimum absolute atomic E-state index is 0.250. The molecule has 1 saturated heterocycles. The number of nitrogen functional groups attached to an aromatic ring is 1. The molecule has 2 N–H and O–H groups in total. The maximum absolute atomic E-state index is 11.9. The Balaban J connectivity index is 1.80. The highest BCUT2D eigenvalue weighted by atomic mass is 16.5. The van der Waals surface area contributed by atoms with Gasteiger partial charge in [0.15, 0.2) is 0 Å². The van der Waals surface area contributed by atoms with Crippen LogP contribution in [0.15, 0.2) is 24.3 Å². The summed E-state index contributed by atoms with van der Waals surface area (Å²) in [5.41, 5.74) is 6.38. The fourth-order valence-electron chi connectivity index (χ4n) is 2.29. The van der Waals surface area contributed by atoms with E-state index in [1.807, 2.05) is 23.1 Å². The summed E-state index contributed by atoms with van der Waals surface area (Å²) in [6, 6.07) is 7.37. The van der Waals surface area contributed by atoms with Crippen LogP contribution in [0.5, 0.6) is 5.75 Å². The van der Waals surface area contributed by atoms with Gasteiger partial charge in [-0.2, -0.15) is 0 Å². The van der Waals surface area contributed by atoms with E-state index in [-0.39, 0.29) is 5.91 Å². The van der Waals surface area contributed by atoms with Crippen molar-refractivity contribution in [3.8, 4) is 5.75 Å². The van der Waals surface area contributed by atoms with E-state index in [2.05, 4.69) is 6.92 Å². The lowest BCUT2D eigenvalue weighted by Gasteiger charge is -2.20. The van der Waals surface area contributed by atoms with Crippen molar-refractivity contribution in [1.29, 1.82) is 0 Å². The first kappa shape index (κ1) is 13.7. The van der Waals surface area contributed by atoms with E-state index in [1.165, 1.54) is 0 Å². The van der Waals surface area contributed by atoms with Crippen LogP contribution in [0.3, 0.4) is 0 Å². The summed E-state index contributed by atoms with van der Waals surface area (Å²) in [7, 11) is 0. The average molecular weight is 262 g/mol. The predicted molar refractivity (Wildman–Crippen MR) is 75.9 cm³/mol. The summed E-state index contributed by atoms with van der Waals surface area (Å²) < 4.78 is 5.63. The topological polar surface area (TPSA) is 55.6 Å². The molecule has 104 valence electrons. The van der Waals surface area contributed by atoms with Crippen molar-refractivity contribution in [3.05, 3.63) is 24.3 Å². The second-order valence-electron chi connectivity index (χ2n) is 5.23. The summed E-state index contributed by atoms with van der Waals surface area (Å²) in [5, 5.41) is 0. The second kappa shape index (κ2) is 6.45. The number of carbonyl (C=O) groups is 1. The number of hydrogen-bond acceptors (Lipinski definition) is 3. The van der Waals surface area contributed by atoms with Gasteiger partial charge in [0.2, 0.25) is 5.91 Å². The number of ether oxygens (including phenoxy) is 1. The van der Waals surface area contributed by atoms with Gasteiger partial charge in [0.1, 0.15) is 12.4 Å². The molecule has 1 unspecified atom stereocenters. The van der Waals surface area contributed by atoms with Crippen LogP contribution in [0.25, 0.3) is 0 Å². The number of hydrogen-bond donors (Lipinski definition) is 1. The molecule has 1 amide bonds. The van der Waals surface area contributed by atoms with Crippen molar-refractivity contribution >= 4 is 11.6 Å². The van der Waals surface area contributed by atoms with E-state index in [1.54, 1.807) is 6.07 Å². The molecule has 0 saturated carbocycles. The number of rotatable bonds is 4. The zero-order valence-corrected chi connectivity index (χ0v) is 11.5. The Bertz CT molecular complexity index is 434. The molecule has 1 aliphatic rings. The third kappa shape index (κ3) is 4.16. The standard InChI is InChI=1S/C15H22N2O2/c1-12-5-6-15(18)17(8-7-12)9-10-19-14-4-2-3-13(16)11-14/h2-4,11-12H,5-10,16H2,1H3. The number of carbonyl (C=O) groups excluding carboxylic acids is 1. The highest BCUT2D eigenvalue weighted by Crippen LogP contribution is 2.18. The summed E-state index contributed by atoms with van der Waals surface area (Å²) >= 11 is 0. The van der Waals surface area contributed by atoms with E-state index in [4.69, 9.17) is 10.5 Å². The number of amides is 1. The van der Waals surface area contributed by atoms with Gasteiger partial charge >= 0.3 is 0 Å². The second-order valence-corrected chi connectivity index (χ2v) is 5.23. The molecule has 0 aromatic heterocycles. The van der Waals surface area contributed by atoms with Gasteiger partial charge in [0.05, 0.1) is 6.54 Å². The number of benzene rings is 1. The third-order valence-corrected chi connectivity index (χ3v) is 3.58. The van der Waals surface area contributed by atoms with Crippen molar-refractivity contribution < 1.29 is 9.53 Å². The first-order valence-electron chi connectivity index (χ1n) is 6.91. The Morgan fingerprint density at radius 1 is 1.42 bits per heavy atom. The van der Waals surface area contributed by atoms with Gasteiger partial charge in [-0.15, -0.1) is 0 Å². The van der Waals surface area contributed by atoms with Crippen molar-refractivity contribution in [1.82, 2.24) is 4.90 Å². The molecular weight excluding hydrogens is 240 g/mol. The molecule has 1 heterocycles. The quantitative estimate of drug-likeness (QED) is 0.847. The van der Waals surface area contributed by atoms with Crippen LogP contribution in [-0.2, 0) is 4.79 Å². The Hall–Kier alpha value is -1.71. The van der Waals surface area contributed by atoms with Crippen LogP contribution < -0.4 is 10.5 Å². The Kier molecular flexibility index (Phi) is 4.66. The smallest absolute Gasteiger partial charge is 0.222 e. The highest BCUT2D eigenvalue weighted by molar-refractivity contribution is 5.76. The number of likely N-dealkylation sites (tertiary alicyclic amines) is 1. The average Bonchev–Trinajstić information content (AvgIpc) is 2.54. The van der Waals surface area contributed by atoms with E-state index < -0.39 is 0 Å².